The van der Waals surface area contributed by atoms with Crippen LogP contribution in [0.3, 0.4) is 0 Å². The lowest BCUT2D eigenvalue weighted by Crippen LogP contribution is -2.11. The molecule has 1 N–H and O–H groups in total. The third-order valence-electron chi connectivity index (χ3n) is 1.04. The van der Waals surface area contributed by atoms with Crippen LogP contribution in [0.5, 0.6) is 0 Å². The van der Waals surface area contributed by atoms with Gasteiger partial charge in [-0.3, -0.25) is 4.79 Å². The van der Waals surface area contributed by atoms with E-state index < -0.39 is 6.10 Å². The van der Waals surface area contributed by atoms with Crippen molar-refractivity contribution in [2.24, 2.45) is 0 Å². The summed E-state index contributed by atoms with van der Waals surface area (Å²) in [4.78, 5) is 10.5. The summed E-state index contributed by atoms with van der Waals surface area (Å²) in [6, 6.07) is 0. The largest absolute Gasteiger partial charge is 0.387 e. The number of carbonyl (C=O) groups is 1. The van der Waals surface area contributed by atoms with Gasteiger partial charge >= 0.3 is 0 Å². The maximum atomic E-state index is 10.5. The summed E-state index contributed by atoms with van der Waals surface area (Å²) in [5.41, 5.74) is 0. The first-order chi connectivity index (χ1) is 4.29. The Kier molecular flexibility index (Phi) is 1.97. The molecule has 0 saturated carbocycles. The first-order valence-electron chi connectivity index (χ1n) is 2.76. The Balaban J connectivity index is 2.52. The highest BCUT2D eigenvalue weighted by atomic mass is 16.5. The van der Waals surface area contributed by atoms with Crippen LogP contribution in [0.15, 0.2) is 12.2 Å². The first-order valence-corrected chi connectivity index (χ1v) is 2.76. The Morgan fingerprint density at radius 2 is 2.56 bits per heavy atom. The lowest BCUT2D eigenvalue weighted by molar-refractivity contribution is -0.118. The normalized spacial score (nSPS) is 28.1. The fourth-order valence-electron chi connectivity index (χ4n) is 0.602. The number of carbonyl (C=O) groups excluding carboxylic acids is 1. The third kappa shape index (κ3) is 1.95. The van der Waals surface area contributed by atoms with Gasteiger partial charge in [-0.2, -0.15) is 0 Å². The molecule has 0 aromatic heterocycles. The number of rotatable bonds is 0. The van der Waals surface area contributed by atoms with E-state index in [0.717, 1.165) is 0 Å². The second kappa shape index (κ2) is 2.75. The Hall–Kier alpha value is -0.670. The van der Waals surface area contributed by atoms with Crippen molar-refractivity contribution in [3.63, 3.8) is 0 Å². The molecule has 1 atom stereocenters. The zero-order valence-electron chi connectivity index (χ0n) is 4.91. The molecule has 9 heavy (non-hydrogen) atoms. The van der Waals surface area contributed by atoms with Crippen molar-refractivity contribution in [2.75, 3.05) is 13.2 Å². The second-order valence-electron chi connectivity index (χ2n) is 1.91. The molecule has 1 rings (SSSR count). The molecule has 0 amide bonds. The average Bonchev–Trinajstić information content (AvgIpc) is 1.97. The van der Waals surface area contributed by atoms with Gasteiger partial charge in [-0.1, -0.05) is 6.08 Å². The van der Waals surface area contributed by atoms with Crippen LogP contribution in [0, 0.1) is 0 Å². The van der Waals surface area contributed by atoms with E-state index in [1.54, 1.807) is 0 Å². The fraction of sp³-hybridized carbons (Fsp3) is 0.500. The van der Waals surface area contributed by atoms with Gasteiger partial charge in [0, 0.05) is 0 Å². The van der Waals surface area contributed by atoms with Crippen molar-refractivity contribution in [1.82, 2.24) is 0 Å². The summed E-state index contributed by atoms with van der Waals surface area (Å²) >= 11 is 0. The van der Waals surface area contributed by atoms with Crippen LogP contribution in [-0.2, 0) is 9.53 Å². The topological polar surface area (TPSA) is 46.5 Å². The molecular weight excluding hydrogens is 120 g/mol. The molecule has 0 unspecified atom stereocenters. The number of hydrogen-bond donors (Lipinski definition) is 1. The standard InChI is InChI=1S/C6H8O3/c7-5-1-2-6(8)4-9-3-5/h1-2,5,7H,3-4H2/t5-/m0/s1. The quantitative estimate of drug-likeness (QED) is 0.478. The Morgan fingerprint density at radius 1 is 1.78 bits per heavy atom. The van der Waals surface area contributed by atoms with E-state index in [-0.39, 0.29) is 19.0 Å². The highest BCUT2D eigenvalue weighted by molar-refractivity contribution is 5.90. The number of ketones is 1. The molecule has 3 nitrogen and oxygen atoms in total. The van der Waals surface area contributed by atoms with Gasteiger partial charge in [-0.05, 0) is 6.08 Å². The molecule has 0 spiro atoms. The zero-order chi connectivity index (χ0) is 6.69. The number of hydrogen-bond acceptors (Lipinski definition) is 3. The zero-order valence-corrected chi connectivity index (χ0v) is 4.91. The van der Waals surface area contributed by atoms with Crippen molar-refractivity contribution in [1.29, 1.82) is 0 Å². The van der Waals surface area contributed by atoms with E-state index >= 15 is 0 Å². The number of aliphatic hydroxyl groups is 1. The monoisotopic (exact) mass is 128 g/mol. The molecule has 0 saturated heterocycles. The molecule has 0 aromatic rings. The van der Waals surface area contributed by atoms with E-state index in [2.05, 4.69) is 0 Å². The minimum atomic E-state index is -0.614. The third-order valence-corrected chi connectivity index (χ3v) is 1.04. The van der Waals surface area contributed by atoms with Crippen molar-refractivity contribution in [3.8, 4) is 0 Å². The maximum absolute atomic E-state index is 10.5. The molecular formula is C6H8O3. The van der Waals surface area contributed by atoms with Gasteiger partial charge in [0.05, 0.1) is 12.7 Å². The molecule has 0 radical (unpaired) electrons. The van der Waals surface area contributed by atoms with Gasteiger partial charge in [0.2, 0.25) is 0 Å². The van der Waals surface area contributed by atoms with Gasteiger partial charge in [0.15, 0.2) is 5.78 Å². The smallest absolute Gasteiger partial charge is 0.181 e. The number of ether oxygens (including phenoxy) is 1. The van der Waals surface area contributed by atoms with Gasteiger partial charge in [0.1, 0.15) is 6.61 Å². The summed E-state index contributed by atoms with van der Waals surface area (Å²) in [7, 11) is 0. The first kappa shape index (κ1) is 6.45. The minimum Gasteiger partial charge on any atom is -0.387 e. The van der Waals surface area contributed by atoms with Gasteiger partial charge in [-0.15, -0.1) is 0 Å². The minimum absolute atomic E-state index is 0.0908. The Labute approximate surface area is 52.9 Å². The van der Waals surface area contributed by atoms with E-state index in [1.807, 2.05) is 0 Å². The van der Waals surface area contributed by atoms with Crippen molar-refractivity contribution in [2.45, 2.75) is 6.10 Å². The number of aliphatic hydroxyl groups excluding tert-OH is 1. The summed E-state index contributed by atoms with van der Waals surface area (Å²) in [6.45, 7) is 0.315. The van der Waals surface area contributed by atoms with Crippen LogP contribution in [0.4, 0.5) is 0 Å². The lowest BCUT2D eigenvalue weighted by Gasteiger charge is -1.99. The van der Waals surface area contributed by atoms with E-state index in [4.69, 9.17) is 9.84 Å². The van der Waals surface area contributed by atoms with Crippen LogP contribution in [-0.4, -0.2) is 30.2 Å². The Morgan fingerprint density at radius 3 is 3.33 bits per heavy atom. The Bertz CT molecular complexity index is 139. The van der Waals surface area contributed by atoms with Crippen LogP contribution in [0.1, 0.15) is 0 Å². The van der Waals surface area contributed by atoms with Gasteiger partial charge < -0.3 is 9.84 Å². The molecule has 3 heteroatoms. The molecule has 1 aliphatic rings. The summed E-state index contributed by atoms with van der Waals surface area (Å²) < 4.78 is 4.76. The van der Waals surface area contributed by atoms with E-state index in [9.17, 15) is 4.79 Å². The molecule has 0 bridgehead atoms. The van der Waals surface area contributed by atoms with Crippen LogP contribution < -0.4 is 0 Å². The summed E-state index contributed by atoms with van der Waals surface area (Å²) in [5.74, 6) is -0.0912. The van der Waals surface area contributed by atoms with Crippen molar-refractivity contribution < 1.29 is 14.6 Å². The van der Waals surface area contributed by atoms with Crippen LogP contribution in [0.2, 0.25) is 0 Å². The summed E-state index contributed by atoms with van der Waals surface area (Å²) in [6.07, 6.45) is 2.17. The molecule has 0 fully saturated rings. The summed E-state index contributed by atoms with van der Waals surface area (Å²) in [5, 5.41) is 8.84. The second-order valence-corrected chi connectivity index (χ2v) is 1.91. The molecule has 0 aromatic carbocycles. The average molecular weight is 128 g/mol. The molecule has 0 aliphatic carbocycles. The van der Waals surface area contributed by atoms with Crippen molar-refractivity contribution in [3.05, 3.63) is 12.2 Å². The highest BCUT2D eigenvalue weighted by Gasteiger charge is 2.06. The molecule has 50 valence electrons. The molecule has 1 heterocycles. The van der Waals surface area contributed by atoms with Gasteiger partial charge in [-0.25, -0.2) is 0 Å². The van der Waals surface area contributed by atoms with E-state index in [0.29, 0.717) is 0 Å². The van der Waals surface area contributed by atoms with Crippen molar-refractivity contribution >= 4 is 5.78 Å². The van der Waals surface area contributed by atoms with Crippen LogP contribution in [0.25, 0.3) is 0 Å². The maximum Gasteiger partial charge on any atom is 0.181 e. The van der Waals surface area contributed by atoms with E-state index in [1.165, 1.54) is 12.2 Å². The predicted octanol–water partition coefficient (Wildman–Crippen LogP) is -0.497. The predicted molar refractivity (Wildman–Crippen MR) is 31.0 cm³/mol. The van der Waals surface area contributed by atoms with Crippen LogP contribution >= 0.6 is 0 Å². The lowest BCUT2D eigenvalue weighted by atomic mass is 10.3. The molecule has 1 aliphatic heterocycles. The SMILES string of the molecule is O=C1C=C[C@H](O)COC1. The highest BCUT2D eigenvalue weighted by Crippen LogP contribution is 1.94. The van der Waals surface area contributed by atoms with Gasteiger partial charge in [0.25, 0.3) is 0 Å². The fourth-order valence-corrected chi connectivity index (χ4v) is 0.602.